The van der Waals surface area contributed by atoms with E-state index in [1.165, 1.54) is 12.4 Å². The molecule has 0 aromatic heterocycles. The number of phenols is 2. The molecule has 0 saturated heterocycles. The van der Waals surface area contributed by atoms with Crippen molar-refractivity contribution in [1.29, 1.82) is 0 Å². The van der Waals surface area contributed by atoms with Crippen LogP contribution in [0.25, 0.3) is 0 Å². The van der Waals surface area contributed by atoms with E-state index >= 15 is 0 Å². The molecule has 2 bridgehead atoms. The molecule has 4 rings (SSSR count). The number of aromatic hydroxyl groups is 2. The second-order valence-electron chi connectivity index (χ2n) is 9.53. The van der Waals surface area contributed by atoms with Gasteiger partial charge in [-0.1, -0.05) is 0 Å². The summed E-state index contributed by atoms with van der Waals surface area (Å²) < 4.78 is 78.0. The van der Waals surface area contributed by atoms with Crippen LogP contribution in [-0.4, -0.2) is 46.2 Å². The molecule has 2 aliphatic carbocycles. The zero-order valence-corrected chi connectivity index (χ0v) is 23.2. The quantitative estimate of drug-likeness (QED) is 0.384. The van der Waals surface area contributed by atoms with Gasteiger partial charge < -0.3 is 30.0 Å². The largest absolute Gasteiger partial charge is 2.00 e. The molecular weight excluding hydrogens is 621 g/mol. The molecule has 1 radical (unpaired) electrons. The van der Waals surface area contributed by atoms with Crippen LogP contribution in [0.2, 0.25) is 0 Å². The van der Waals surface area contributed by atoms with Crippen LogP contribution in [0.15, 0.2) is 46.4 Å². The number of carbonyl (C=O) groups is 2. The molecule has 2 saturated carbocycles. The summed E-state index contributed by atoms with van der Waals surface area (Å²) in [4.78, 5) is 26.7. The van der Waals surface area contributed by atoms with Crippen LogP contribution in [0.5, 0.6) is 11.5 Å². The predicted molar refractivity (Wildman–Crippen MR) is 131 cm³/mol. The van der Waals surface area contributed by atoms with E-state index in [2.05, 4.69) is 9.98 Å². The topological polar surface area (TPSA) is 145 Å². The Morgan fingerprint density at radius 3 is 1.71 bits per heavy atom. The molecule has 0 amide bonds. The third-order valence-corrected chi connectivity index (χ3v) is 6.37. The molecule has 2 aliphatic rings. The van der Waals surface area contributed by atoms with Crippen molar-refractivity contribution in [2.75, 3.05) is 0 Å². The van der Waals surface area contributed by atoms with E-state index in [1.54, 1.807) is 0 Å². The van der Waals surface area contributed by atoms with Crippen LogP contribution in [0.1, 0.15) is 61.8 Å². The molecular formula is C27H26CoF6N2O6. The molecule has 2 fully saturated rings. The third-order valence-electron chi connectivity index (χ3n) is 6.37. The summed E-state index contributed by atoms with van der Waals surface area (Å²) in [5, 5.41) is 37.7. The van der Waals surface area contributed by atoms with Crippen molar-refractivity contribution in [2.45, 2.75) is 63.5 Å². The van der Waals surface area contributed by atoms with Gasteiger partial charge in [0.15, 0.2) is 0 Å². The summed E-state index contributed by atoms with van der Waals surface area (Å²) in [7, 11) is 0. The van der Waals surface area contributed by atoms with E-state index in [-0.39, 0.29) is 45.3 Å². The van der Waals surface area contributed by atoms with Crippen molar-refractivity contribution in [1.82, 2.24) is 0 Å². The molecule has 231 valence electrons. The normalized spacial score (nSPS) is 21.2. The Hall–Kier alpha value is -3.59. The molecule has 15 heteroatoms. The van der Waals surface area contributed by atoms with Crippen molar-refractivity contribution in [3.05, 3.63) is 58.7 Å². The van der Waals surface area contributed by atoms with E-state index in [4.69, 9.17) is 19.8 Å². The van der Waals surface area contributed by atoms with Crippen LogP contribution in [0, 0.1) is 5.92 Å². The Kier molecular flexibility index (Phi) is 12.6. The molecule has 42 heavy (non-hydrogen) atoms. The number of alkyl halides is 6. The number of hydrogen-bond donors (Lipinski definition) is 2. The van der Waals surface area contributed by atoms with Crippen LogP contribution in [-0.2, 0) is 38.7 Å². The monoisotopic (exact) mass is 647 g/mol. The van der Waals surface area contributed by atoms with Gasteiger partial charge in [0.05, 0.1) is 22.7 Å². The Balaban J connectivity index is 0.000000873. The number of fused-ring (bicyclic) bond motifs is 2. The number of carboxylic acid groups (broad SMARTS) is 2. The fourth-order valence-electron chi connectivity index (χ4n) is 4.64. The Morgan fingerprint density at radius 2 is 1.31 bits per heavy atom. The molecule has 3 unspecified atom stereocenters. The molecule has 2 aromatic rings. The summed E-state index contributed by atoms with van der Waals surface area (Å²) in [5.41, 5.74) is -2.71. The molecule has 8 nitrogen and oxygen atoms in total. The first kappa shape index (κ1) is 36.4. The van der Waals surface area contributed by atoms with Crippen LogP contribution in [0.4, 0.5) is 26.3 Å². The van der Waals surface area contributed by atoms with Crippen LogP contribution in [0.3, 0.4) is 0 Å². The smallest absolute Gasteiger partial charge is 0.550 e. The maximum Gasteiger partial charge on any atom is 2.00 e. The number of hydrogen-bond acceptors (Lipinski definition) is 8. The van der Waals surface area contributed by atoms with E-state index in [9.17, 15) is 36.6 Å². The number of phenolic OH excluding ortho intramolecular Hbond substituents is 2. The van der Waals surface area contributed by atoms with E-state index in [0.717, 1.165) is 56.7 Å². The van der Waals surface area contributed by atoms with E-state index in [1.807, 2.05) is 0 Å². The maximum atomic E-state index is 13.0. The molecule has 0 aliphatic heterocycles. The maximum absolute atomic E-state index is 13.0. The van der Waals surface area contributed by atoms with Crippen molar-refractivity contribution < 1.29 is 73.1 Å². The second-order valence-corrected chi connectivity index (χ2v) is 9.53. The van der Waals surface area contributed by atoms with Gasteiger partial charge in [-0.3, -0.25) is 9.98 Å². The fourth-order valence-corrected chi connectivity index (χ4v) is 4.64. The fraction of sp³-hybridized carbons (Fsp3) is 0.407. The van der Waals surface area contributed by atoms with Gasteiger partial charge in [-0.05, 0) is 81.8 Å². The molecule has 0 heterocycles. The van der Waals surface area contributed by atoms with Gasteiger partial charge >= 0.3 is 29.1 Å². The van der Waals surface area contributed by atoms with Gasteiger partial charge in [-0.2, -0.15) is 26.3 Å². The van der Waals surface area contributed by atoms with Crippen molar-refractivity contribution in [3.63, 3.8) is 0 Å². The summed E-state index contributed by atoms with van der Waals surface area (Å²) >= 11 is 0. The summed E-state index contributed by atoms with van der Waals surface area (Å²) in [6.45, 7) is 1.94. The molecule has 2 aromatic carbocycles. The minimum absolute atomic E-state index is 0. The molecule has 2 N–H and O–H groups in total. The summed E-state index contributed by atoms with van der Waals surface area (Å²) in [6.07, 6.45) is -4.00. The van der Waals surface area contributed by atoms with E-state index in [0.29, 0.717) is 19.3 Å². The number of aliphatic imine (C=N–C) groups is 2. The second kappa shape index (κ2) is 14.5. The van der Waals surface area contributed by atoms with Gasteiger partial charge in [0, 0.05) is 35.5 Å². The minimum atomic E-state index is -4.57. The van der Waals surface area contributed by atoms with Crippen molar-refractivity contribution in [3.8, 4) is 11.5 Å². The third kappa shape index (κ3) is 10.3. The zero-order valence-electron chi connectivity index (χ0n) is 22.1. The van der Waals surface area contributed by atoms with Gasteiger partial charge in [0.25, 0.3) is 0 Å². The number of halogens is 6. The first-order valence-electron chi connectivity index (χ1n) is 12.1. The Labute approximate surface area is 247 Å². The molecule has 3 atom stereocenters. The average molecular weight is 647 g/mol. The van der Waals surface area contributed by atoms with Gasteiger partial charge in [-0.15, -0.1) is 0 Å². The van der Waals surface area contributed by atoms with Crippen molar-refractivity contribution in [2.24, 2.45) is 15.9 Å². The first-order chi connectivity index (χ1) is 18.8. The Bertz CT molecular complexity index is 1290. The number of rotatable bonds is 4. The summed E-state index contributed by atoms with van der Waals surface area (Å²) in [6, 6.07) is 4.68. The first-order valence-corrected chi connectivity index (χ1v) is 12.1. The van der Waals surface area contributed by atoms with Gasteiger partial charge in [0.1, 0.15) is 11.5 Å². The van der Waals surface area contributed by atoms with E-state index < -0.39 is 47.0 Å². The molecule has 0 spiro atoms. The number of nitrogens with zero attached hydrogens (tertiary/aromatic N) is 2. The van der Waals surface area contributed by atoms with Gasteiger partial charge in [-0.25, -0.2) is 0 Å². The predicted octanol–water partition coefficient (Wildman–Crippen LogP) is 3.49. The standard InChI is InChI=1S/C23H20F6N2O2.2C2H4O2.Co/c24-22(25,26)16-1-3-18(32)14(8-16)11-30-20-7-13-5-6-21(20,10-13)31-12-15-9-17(23(27,28)29)2-4-19(15)33;2*1-2(3)4;/h1-4,8-9,11-13,20,32-33H,5-7,10H2;2*1H3,(H,3,4);/q;;;+2/p-2. The van der Waals surface area contributed by atoms with Gasteiger partial charge in [0.2, 0.25) is 0 Å². The number of benzene rings is 2. The number of carboxylic acids is 2. The Morgan fingerprint density at radius 1 is 0.881 bits per heavy atom. The average Bonchev–Trinajstić information content (AvgIpc) is 3.39. The van der Waals surface area contributed by atoms with Crippen LogP contribution >= 0.6 is 0 Å². The van der Waals surface area contributed by atoms with Crippen molar-refractivity contribution >= 4 is 24.4 Å². The SMILES string of the molecule is CC(=O)[O-].CC(=O)[O-].Oc1ccc(C(F)(F)F)cc1C=NC1CC2CCC1(N=Cc1cc(C(F)(F)F)ccc1O)C2.[Co+2]. The minimum Gasteiger partial charge on any atom is -0.550 e. The zero-order chi connectivity index (χ0) is 31.2. The number of aliphatic carboxylic acids is 2. The summed E-state index contributed by atoms with van der Waals surface area (Å²) in [5.74, 6) is -2.57. The number of carbonyl (C=O) groups excluding carboxylic acids is 2. The van der Waals surface area contributed by atoms with Crippen LogP contribution < -0.4 is 10.2 Å².